The summed E-state index contributed by atoms with van der Waals surface area (Å²) in [6.45, 7) is 7.21. The Kier molecular flexibility index (Phi) is 8.75. The molecule has 0 aliphatic rings. The monoisotopic (exact) mass is 516 g/mol. The molecule has 0 spiro atoms. The van der Waals surface area contributed by atoms with Crippen molar-refractivity contribution in [2.75, 3.05) is 13.7 Å². The molecule has 0 saturated heterocycles. The van der Waals surface area contributed by atoms with Crippen molar-refractivity contribution in [3.8, 4) is 11.3 Å². The van der Waals surface area contributed by atoms with E-state index in [1.807, 2.05) is 30.3 Å². The molecule has 1 atom stereocenters. The summed E-state index contributed by atoms with van der Waals surface area (Å²) in [5.74, 6) is -0.646. The van der Waals surface area contributed by atoms with E-state index in [0.29, 0.717) is 33.3 Å². The van der Waals surface area contributed by atoms with Gasteiger partial charge in [0.25, 0.3) is 0 Å². The average molecular weight is 518 g/mol. The minimum atomic E-state index is -0.680. The number of aliphatic hydroxyl groups excluding tert-OH is 1. The Bertz CT molecular complexity index is 1270. The summed E-state index contributed by atoms with van der Waals surface area (Å²) < 4.78 is 4.95. The molecule has 0 amide bonds. The minimum absolute atomic E-state index is 0.108. The highest BCUT2D eigenvalue weighted by molar-refractivity contribution is 6.39. The smallest absolute Gasteiger partial charge is 0.323 e. The molecule has 5 nitrogen and oxygen atoms in total. The van der Waals surface area contributed by atoms with E-state index in [4.69, 9.17) is 44.5 Å². The molecule has 1 aromatic heterocycles. The molecule has 0 saturated carbocycles. The van der Waals surface area contributed by atoms with Crippen LogP contribution in [0.5, 0.6) is 0 Å². The fourth-order valence-electron chi connectivity index (χ4n) is 3.47. The van der Waals surface area contributed by atoms with Gasteiger partial charge in [-0.05, 0) is 42.3 Å². The minimum Gasteiger partial charge on any atom is -0.508 e. The van der Waals surface area contributed by atoms with E-state index in [1.54, 1.807) is 18.2 Å². The summed E-state index contributed by atoms with van der Waals surface area (Å²) in [5, 5.41) is 15.1. The van der Waals surface area contributed by atoms with Crippen LogP contribution in [0.25, 0.3) is 22.2 Å². The van der Waals surface area contributed by atoms with E-state index in [1.165, 1.54) is 13.2 Å². The van der Waals surface area contributed by atoms with Crippen LogP contribution >= 0.6 is 34.8 Å². The van der Waals surface area contributed by atoms with Gasteiger partial charge < -0.3 is 9.84 Å². The van der Waals surface area contributed by atoms with Crippen LogP contribution in [0.15, 0.2) is 84.1 Å². The SMILES string of the molecule is C=C/C(Cl)=C(/CNC(Cc1ccc2nc(-c3c(Cl)cccc3Cl)ccc2c1)C(=O)OC)C(=C)O. The summed E-state index contributed by atoms with van der Waals surface area (Å²) in [7, 11) is 1.32. The Morgan fingerprint density at radius 2 is 1.91 bits per heavy atom. The number of aromatic nitrogens is 1. The topological polar surface area (TPSA) is 71.5 Å². The van der Waals surface area contributed by atoms with Gasteiger partial charge in [-0.1, -0.05) is 72.2 Å². The number of pyridine rings is 1. The second-order valence-electron chi connectivity index (χ2n) is 7.46. The quantitative estimate of drug-likeness (QED) is 0.189. The normalized spacial score (nSPS) is 12.7. The molecule has 0 aliphatic heterocycles. The van der Waals surface area contributed by atoms with Gasteiger partial charge in [-0.2, -0.15) is 0 Å². The maximum absolute atomic E-state index is 12.4. The Labute approximate surface area is 213 Å². The molecule has 8 heteroatoms. The van der Waals surface area contributed by atoms with Crippen LogP contribution in [0.3, 0.4) is 0 Å². The van der Waals surface area contributed by atoms with E-state index in [9.17, 15) is 9.90 Å². The molecule has 0 bridgehead atoms. The third-order valence-corrected chi connectivity index (χ3v) is 6.25. The first-order valence-electron chi connectivity index (χ1n) is 10.3. The Balaban J connectivity index is 1.86. The van der Waals surface area contributed by atoms with E-state index in [2.05, 4.69) is 18.5 Å². The lowest BCUT2D eigenvalue weighted by Crippen LogP contribution is -2.40. The number of hydrogen-bond acceptors (Lipinski definition) is 5. The zero-order valence-electron chi connectivity index (χ0n) is 18.4. The zero-order valence-corrected chi connectivity index (χ0v) is 20.7. The van der Waals surface area contributed by atoms with Crippen LogP contribution in [0, 0.1) is 0 Å². The molecule has 3 rings (SSSR count). The maximum Gasteiger partial charge on any atom is 0.323 e. The van der Waals surface area contributed by atoms with Crippen molar-refractivity contribution in [2.24, 2.45) is 0 Å². The molecular weight excluding hydrogens is 495 g/mol. The number of esters is 1. The number of rotatable bonds is 9. The highest BCUT2D eigenvalue weighted by Gasteiger charge is 2.21. The number of aliphatic hydroxyl groups is 1. The number of carbonyl (C=O) groups is 1. The van der Waals surface area contributed by atoms with Crippen LogP contribution in [0.2, 0.25) is 10.0 Å². The molecule has 1 heterocycles. The van der Waals surface area contributed by atoms with Gasteiger partial charge in [-0.15, -0.1) is 0 Å². The number of allylic oxidation sites excluding steroid dienone is 2. The van der Waals surface area contributed by atoms with Crippen LogP contribution in [-0.4, -0.2) is 35.8 Å². The second-order valence-corrected chi connectivity index (χ2v) is 8.68. The van der Waals surface area contributed by atoms with Crippen LogP contribution < -0.4 is 5.32 Å². The molecule has 176 valence electrons. The number of ether oxygens (including phenoxy) is 1. The molecule has 0 aliphatic carbocycles. The number of methoxy groups -OCH3 is 1. The predicted molar refractivity (Wildman–Crippen MR) is 140 cm³/mol. The number of benzene rings is 2. The van der Waals surface area contributed by atoms with Crippen molar-refractivity contribution in [3.63, 3.8) is 0 Å². The lowest BCUT2D eigenvalue weighted by molar-refractivity contribution is -0.143. The molecule has 0 radical (unpaired) electrons. The van der Waals surface area contributed by atoms with Gasteiger partial charge in [0, 0.05) is 28.1 Å². The summed E-state index contributed by atoms with van der Waals surface area (Å²) in [6, 6.07) is 14.2. The predicted octanol–water partition coefficient (Wildman–Crippen LogP) is 6.63. The lowest BCUT2D eigenvalue weighted by atomic mass is 10.0. The van der Waals surface area contributed by atoms with Crippen LogP contribution in [-0.2, 0) is 16.0 Å². The summed E-state index contributed by atoms with van der Waals surface area (Å²) in [6.07, 6.45) is 1.74. The summed E-state index contributed by atoms with van der Waals surface area (Å²) >= 11 is 18.7. The Morgan fingerprint density at radius 1 is 1.21 bits per heavy atom. The van der Waals surface area contributed by atoms with Crippen molar-refractivity contribution < 1.29 is 14.6 Å². The number of halogens is 3. The Morgan fingerprint density at radius 3 is 2.53 bits per heavy atom. The van der Waals surface area contributed by atoms with Gasteiger partial charge in [-0.25, -0.2) is 4.98 Å². The third kappa shape index (κ3) is 5.99. The van der Waals surface area contributed by atoms with Gasteiger partial charge in [0.2, 0.25) is 0 Å². The molecule has 34 heavy (non-hydrogen) atoms. The van der Waals surface area contributed by atoms with Gasteiger partial charge >= 0.3 is 5.97 Å². The molecule has 2 N–H and O–H groups in total. The van der Waals surface area contributed by atoms with Crippen molar-refractivity contribution >= 4 is 51.7 Å². The van der Waals surface area contributed by atoms with E-state index in [-0.39, 0.29) is 17.3 Å². The number of nitrogens with zero attached hydrogens (tertiary/aromatic N) is 1. The van der Waals surface area contributed by atoms with Gasteiger partial charge in [0.05, 0.1) is 28.4 Å². The molecule has 1 unspecified atom stereocenters. The maximum atomic E-state index is 12.4. The number of hydrogen-bond donors (Lipinski definition) is 2. The van der Waals surface area contributed by atoms with E-state index >= 15 is 0 Å². The van der Waals surface area contributed by atoms with Crippen molar-refractivity contribution in [1.82, 2.24) is 10.3 Å². The van der Waals surface area contributed by atoms with Crippen molar-refractivity contribution in [1.29, 1.82) is 0 Å². The van der Waals surface area contributed by atoms with E-state index in [0.717, 1.165) is 16.5 Å². The number of fused-ring (bicyclic) bond motifs is 1. The van der Waals surface area contributed by atoms with Gasteiger partial charge in [-0.3, -0.25) is 10.1 Å². The molecule has 0 fully saturated rings. The summed E-state index contributed by atoms with van der Waals surface area (Å²) in [4.78, 5) is 17.1. The number of nitrogens with one attached hydrogen (secondary N) is 1. The third-order valence-electron chi connectivity index (χ3n) is 5.24. The van der Waals surface area contributed by atoms with Gasteiger partial charge in [0.1, 0.15) is 11.8 Å². The van der Waals surface area contributed by atoms with Crippen LogP contribution in [0.1, 0.15) is 5.56 Å². The van der Waals surface area contributed by atoms with E-state index < -0.39 is 12.0 Å². The first-order chi connectivity index (χ1) is 16.2. The molecular formula is C26H23Cl3N2O3. The van der Waals surface area contributed by atoms with Crippen LogP contribution in [0.4, 0.5) is 0 Å². The van der Waals surface area contributed by atoms with Crippen molar-refractivity contribution in [2.45, 2.75) is 12.5 Å². The second kappa shape index (κ2) is 11.5. The van der Waals surface area contributed by atoms with Gasteiger partial charge in [0.15, 0.2) is 0 Å². The molecule has 2 aromatic carbocycles. The Hall–Kier alpha value is -2.83. The highest BCUT2D eigenvalue weighted by Crippen LogP contribution is 2.34. The summed E-state index contributed by atoms with van der Waals surface area (Å²) in [5.41, 5.74) is 3.36. The average Bonchev–Trinajstić information content (AvgIpc) is 2.82. The zero-order chi connectivity index (χ0) is 24.8. The largest absolute Gasteiger partial charge is 0.508 e. The fraction of sp³-hybridized carbons (Fsp3) is 0.154. The van der Waals surface area contributed by atoms with Crippen molar-refractivity contribution in [3.05, 3.63) is 99.7 Å². The lowest BCUT2D eigenvalue weighted by Gasteiger charge is -2.18. The first-order valence-corrected chi connectivity index (χ1v) is 11.4. The number of carbonyl (C=O) groups excluding carboxylic acids is 1. The standard InChI is InChI=1S/C26H23Cl3N2O3/c1-4-19(27)18(15(2)32)14-30-24(26(33)34-3)13-16-8-10-22-17(12-16)9-11-23(31-22)25-20(28)6-5-7-21(25)29/h4-12,24,30,32H,1-2,13-14H2,3H3/b19-18+. The highest BCUT2D eigenvalue weighted by atomic mass is 35.5. The fourth-order valence-corrected chi connectivity index (χ4v) is 4.24. The molecule has 3 aromatic rings. The first kappa shape index (κ1) is 25.8.